The summed E-state index contributed by atoms with van der Waals surface area (Å²) < 4.78 is 0. The second kappa shape index (κ2) is 9.78. The number of nitrogens with one attached hydrogen (secondary N) is 2. The van der Waals surface area contributed by atoms with Crippen molar-refractivity contribution in [3.63, 3.8) is 0 Å². The fraction of sp³-hybridized carbons (Fsp3) is 0.429. The predicted octanol–water partition coefficient (Wildman–Crippen LogP) is 2.48. The number of guanidine groups is 1. The van der Waals surface area contributed by atoms with E-state index >= 15 is 0 Å². The van der Waals surface area contributed by atoms with Crippen LogP contribution in [0.4, 0.5) is 0 Å². The Balaban J connectivity index is 0.00000220. The van der Waals surface area contributed by atoms with Crippen molar-refractivity contribution < 1.29 is 0 Å². The van der Waals surface area contributed by atoms with Crippen molar-refractivity contribution in [2.24, 2.45) is 10.7 Å². The van der Waals surface area contributed by atoms with E-state index in [1.165, 1.54) is 10.4 Å². The molecule has 2 aromatic rings. The maximum atomic E-state index is 5.83. The summed E-state index contributed by atoms with van der Waals surface area (Å²) in [5.74, 6) is 0.533. The normalized spacial score (nSPS) is 11.2. The molecule has 2 rings (SSSR count). The van der Waals surface area contributed by atoms with Gasteiger partial charge in [0.1, 0.15) is 0 Å². The first-order valence-corrected chi connectivity index (χ1v) is 7.68. The lowest BCUT2D eigenvalue weighted by Gasteiger charge is -2.04. The van der Waals surface area contributed by atoms with Gasteiger partial charge in [-0.1, -0.05) is 6.07 Å². The first-order valence-electron chi connectivity index (χ1n) is 6.80. The van der Waals surface area contributed by atoms with Crippen molar-refractivity contribution in [1.29, 1.82) is 0 Å². The number of aliphatic imine (C=N–C) groups is 1. The van der Waals surface area contributed by atoms with E-state index in [1.54, 1.807) is 11.3 Å². The highest BCUT2D eigenvalue weighted by atomic mass is 127. The lowest BCUT2D eigenvalue weighted by atomic mass is 10.1. The largest absolute Gasteiger partial charge is 0.370 e. The summed E-state index contributed by atoms with van der Waals surface area (Å²) in [6.07, 6.45) is 4.83. The molecule has 0 aliphatic heterocycles. The minimum Gasteiger partial charge on any atom is -0.370 e. The number of halogens is 1. The van der Waals surface area contributed by atoms with Crippen LogP contribution in [0.2, 0.25) is 0 Å². The summed E-state index contributed by atoms with van der Waals surface area (Å²) >= 11 is 1.77. The number of aromatic amines is 1. The van der Waals surface area contributed by atoms with Crippen molar-refractivity contribution in [3.8, 4) is 0 Å². The number of hydrogen-bond donors (Lipinski definition) is 3. The number of aryl methyl sites for hydroxylation is 2. The summed E-state index contributed by atoms with van der Waals surface area (Å²) in [5.41, 5.74) is 8.22. The van der Waals surface area contributed by atoms with Crippen LogP contribution < -0.4 is 11.1 Å². The van der Waals surface area contributed by atoms with Gasteiger partial charge in [0.2, 0.25) is 0 Å². The zero-order chi connectivity index (χ0) is 14.2. The van der Waals surface area contributed by atoms with Crippen LogP contribution in [0.3, 0.4) is 0 Å². The second-order valence-electron chi connectivity index (χ2n) is 4.65. The van der Waals surface area contributed by atoms with E-state index in [9.17, 15) is 0 Å². The van der Waals surface area contributed by atoms with Crippen LogP contribution in [-0.4, -0.2) is 29.2 Å². The SMILES string of the molecule is Cc1[nH]ncc1CCCN=C(N)NCCc1cccs1.I. The highest BCUT2D eigenvalue weighted by Gasteiger charge is 1.99. The molecule has 2 heterocycles. The predicted molar refractivity (Wildman–Crippen MR) is 99.6 cm³/mol. The quantitative estimate of drug-likeness (QED) is 0.279. The molecule has 0 amide bonds. The Morgan fingerprint density at radius 3 is 3.00 bits per heavy atom. The Bertz CT molecular complexity index is 535. The lowest BCUT2D eigenvalue weighted by Crippen LogP contribution is -2.33. The number of nitrogens with two attached hydrogens (primary N) is 1. The smallest absolute Gasteiger partial charge is 0.188 e. The van der Waals surface area contributed by atoms with E-state index in [0.717, 1.165) is 38.0 Å². The molecular weight excluding hydrogens is 397 g/mol. The molecule has 0 aliphatic rings. The maximum absolute atomic E-state index is 5.83. The van der Waals surface area contributed by atoms with Crippen LogP contribution in [-0.2, 0) is 12.8 Å². The average Bonchev–Trinajstić information content (AvgIpc) is 3.07. The molecule has 0 aliphatic carbocycles. The zero-order valence-corrected chi connectivity index (χ0v) is 15.3. The molecule has 116 valence electrons. The molecule has 0 fully saturated rings. The van der Waals surface area contributed by atoms with E-state index < -0.39 is 0 Å². The fourth-order valence-corrected chi connectivity index (χ4v) is 2.63. The molecule has 21 heavy (non-hydrogen) atoms. The number of nitrogens with zero attached hydrogens (tertiary/aromatic N) is 2. The minimum atomic E-state index is 0. The van der Waals surface area contributed by atoms with Crippen LogP contribution in [0.25, 0.3) is 0 Å². The van der Waals surface area contributed by atoms with Crippen LogP contribution in [0.15, 0.2) is 28.7 Å². The van der Waals surface area contributed by atoms with Gasteiger partial charge in [-0.25, -0.2) is 0 Å². The highest BCUT2D eigenvalue weighted by molar-refractivity contribution is 14.0. The van der Waals surface area contributed by atoms with Crippen molar-refractivity contribution in [3.05, 3.63) is 39.8 Å². The molecule has 5 nitrogen and oxygen atoms in total. The van der Waals surface area contributed by atoms with Gasteiger partial charge < -0.3 is 11.1 Å². The van der Waals surface area contributed by atoms with Gasteiger partial charge in [-0.05, 0) is 43.2 Å². The first kappa shape index (κ1) is 18.0. The summed E-state index contributed by atoms with van der Waals surface area (Å²) in [5, 5.41) is 12.2. The molecule has 0 aromatic carbocycles. The first-order chi connectivity index (χ1) is 9.75. The number of thiophene rings is 1. The monoisotopic (exact) mass is 419 g/mol. The van der Waals surface area contributed by atoms with E-state index in [2.05, 4.69) is 38.0 Å². The summed E-state index contributed by atoms with van der Waals surface area (Å²) in [6, 6.07) is 4.20. The van der Waals surface area contributed by atoms with Gasteiger partial charge in [-0.3, -0.25) is 10.1 Å². The van der Waals surface area contributed by atoms with Crippen molar-refractivity contribution >= 4 is 41.3 Å². The van der Waals surface area contributed by atoms with Gasteiger partial charge in [0.25, 0.3) is 0 Å². The maximum Gasteiger partial charge on any atom is 0.188 e. The Morgan fingerprint density at radius 1 is 1.48 bits per heavy atom. The van der Waals surface area contributed by atoms with Gasteiger partial charge in [-0.2, -0.15) is 5.10 Å². The van der Waals surface area contributed by atoms with Crippen LogP contribution >= 0.6 is 35.3 Å². The van der Waals surface area contributed by atoms with Gasteiger partial charge in [0.15, 0.2) is 5.96 Å². The van der Waals surface area contributed by atoms with E-state index in [4.69, 9.17) is 5.73 Å². The summed E-state index contributed by atoms with van der Waals surface area (Å²) in [7, 11) is 0. The molecule has 0 saturated carbocycles. The van der Waals surface area contributed by atoms with Crippen LogP contribution in [0, 0.1) is 6.92 Å². The average molecular weight is 419 g/mol. The van der Waals surface area contributed by atoms with Gasteiger partial charge >= 0.3 is 0 Å². The van der Waals surface area contributed by atoms with Gasteiger partial charge in [-0.15, -0.1) is 35.3 Å². The summed E-state index contributed by atoms with van der Waals surface area (Å²) in [6.45, 7) is 3.60. The topological polar surface area (TPSA) is 79.1 Å². The Hall–Kier alpha value is -1.09. The van der Waals surface area contributed by atoms with Crippen molar-refractivity contribution in [2.75, 3.05) is 13.1 Å². The van der Waals surface area contributed by atoms with E-state index in [-0.39, 0.29) is 24.0 Å². The number of rotatable bonds is 7. The van der Waals surface area contributed by atoms with E-state index in [1.807, 2.05) is 13.1 Å². The molecule has 0 radical (unpaired) electrons. The van der Waals surface area contributed by atoms with Crippen molar-refractivity contribution in [2.45, 2.75) is 26.2 Å². The van der Waals surface area contributed by atoms with Crippen LogP contribution in [0.5, 0.6) is 0 Å². The Morgan fingerprint density at radius 2 is 2.33 bits per heavy atom. The molecule has 0 atom stereocenters. The summed E-state index contributed by atoms with van der Waals surface area (Å²) in [4.78, 5) is 5.69. The molecule has 0 spiro atoms. The molecular formula is C14H22IN5S. The molecule has 4 N–H and O–H groups in total. The second-order valence-corrected chi connectivity index (χ2v) is 5.68. The number of aromatic nitrogens is 2. The Labute approximate surface area is 146 Å². The lowest BCUT2D eigenvalue weighted by molar-refractivity contribution is 0.807. The van der Waals surface area contributed by atoms with E-state index in [0.29, 0.717) is 5.96 Å². The number of hydrogen-bond acceptors (Lipinski definition) is 3. The zero-order valence-electron chi connectivity index (χ0n) is 12.1. The fourth-order valence-electron chi connectivity index (χ4n) is 1.92. The van der Waals surface area contributed by atoms with Gasteiger partial charge in [0.05, 0.1) is 6.20 Å². The molecule has 7 heteroatoms. The third-order valence-corrected chi connectivity index (χ3v) is 4.01. The molecule has 0 saturated heterocycles. The Kier molecular flexibility index (Phi) is 8.36. The molecule has 0 unspecified atom stereocenters. The minimum absolute atomic E-state index is 0. The standard InChI is InChI=1S/C14H21N5S.HI/c1-11-12(10-18-19-11)4-2-7-16-14(15)17-8-6-13-5-3-9-20-13;/h3,5,9-10H,2,4,6-8H2,1H3,(H,18,19)(H3,15,16,17);1H. The third-order valence-electron chi connectivity index (χ3n) is 3.08. The van der Waals surface area contributed by atoms with Gasteiger partial charge in [0, 0.05) is 23.7 Å². The highest BCUT2D eigenvalue weighted by Crippen LogP contribution is 2.08. The molecule has 0 bridgehead atoms. The third kappa shape index (κ3) is 6.47. The molecule has 2 aromatic heterocycles. The van der Waals surface area contributed by atoms with Crippen LogP contribution in [0.1, 0.15) is 22.6 Å². The van der Waals surface area contributed by atoms with Crippen molar-refractivity contribution in [1.82, 2.24) is 15.5 Å². The number of H-pyrrole nitrogens is 1.